The summed E-state index contributed by atoms with van der Waals surface area (Å²) >= 11 is 0. The van der Waals surface area contributed by atoms with Gasteiger partial charge >= 0.3 is 6.03 Å². The van der Waals surface area contributed by atoms with E-state index in [-0.39, 0.29) is 12.1 Å². The standard InChI is InChI=1S/C19H25N3O2/c1-5-17-18(14(4)24-21-17)20-19(23)22-11-16(10-13(22)3)15-8-6-12(2)7-9-15/h6-9,13,16H,5,10-11H2,1-4H3,(H,20,23)/t13-,16-/m0/s1. The van der Waals surface area contributed by atoms with Gasteiger partial charge in [0.2, 0.25) is 0 Å². The summed E-state index contributed by atoms with van der Waals surface area (Å²) < 4.78 is 5.20. The molecule has 1 aromatic heterocycles. The molecule has 128 valence electrons. The molecular weight excluding hydrogens is 302 g/mol. The van der Waals surface area contributed by atoms with Crippen molar-refractivity contribution in [2.75, 3.05) is 11.9 Å². The van der Waals surface area contributed by atoms with Crippen LogP contribution in [0, 0.1) is 13.8 Å². The largest absolute Gasteiger partial charge is 0.359 e. The summed E-state index contributed by atoms with van der Waals surface area (Å²) in [5.74, 6) is 1.04. The molecule has 2 heterocycles. The monoisotopic (exact) mass is 327 g/mol. The number of amides is 2. The first-order valence-electron chi connectivity index (χ1n) is 8.59. The van der Waals surface area contributed by atoms with Crippen molar-refractivity contribution in [3.8, 4) is 0 Å². The van der Waals surface area contributed by atoms with Gasteiger partial charge in [0.25, 0.3) is 0 Å². The molecule has 1 aliphatic heterocycles. The SMILES string of the molecule is CCc1noc(C)c1NC(=O)N1C[C@@H](c2ccc(C)cc2)C[C@@H]1C. The molecule has 0 spiro atoms. The Morgan fingerprint density at radius 3 is 2.71 bits per heavy atom. The molecule has 1 aromatic carbocycles. The Balaban J connectivity index is 1.71. The first-order chi connectivity index (χ1) is 11.5. The van der Waals surface area contributed by atoms with Crippen molar-refractivity contribution >= 4 is 11.7 Å². The van der Waals surface area contributed by atoms with Gasteiger partial charge in [0.1, 0.15) is 11.4 Å². The molecule has 3 rings (SSSR count). The third-order valence-corrected chi connectivity index (χ3v) is 4.88. The molecule has 0 saturated carbocycles. The van der Waals surface area contributed by atoms with Crippen LogP contribution in [0.4, 0.5) is 10.5 Å². The van der Waals surface area contributed by atoms with Gasteiger partial charge in [0.15, 0.2) is 5.76 Å². The Morgan fingerprint density at radius 2 is 2.04 bits per heavy atom. The van der Waals surface area contributed by atoms with Crippen LogP contribution in [-0.2, 0) is 6.42 Å². The smallest absolute Gasteiger partial charge is 0.322 e. The number of aromatic nitrogens is 1. The number of aryl methyl sites for hydroxylation is 3. The van der Waals surface area contributed by atoms with Crippen LogP contribution in [0.1, 0.15) is 48.8 Å². The molecule has 0 unspecified atom stereocenters. The van der Waals surface area contributed by atoms with Gasteiger partial charge in [0.05, 0.1) is 0 Å². The number of carbonyl (C=O) groups excluding carboxylic acids is 1. The molecule has 0 radical (unpaired) electrons. The number of nitrogens with zero attached hydrogens (tertiary/aromatic N) is 2. The van der Waals surface area contributed by atoms with Crippen LogP contribution in [0.25, 0.3) is 0 Å². The van der Waals surface area contributed by atoms with E-state index in [4.69, 9.17) is 4.52 Å². The highest BCUT2D eigenvalue weighted by molar-refractivity contribution is 5.90. The Hall–Kier alpha value is -2.30. The first-order valence-corrected chi connectivity index (χ1v) is 8.59. The average molecular weight is 327 g/mol. The van der Waals surface area contributed by atoms with Gasteiger partial charge < -0.3 is 14.7 Å². The predicted molar refractivity (Wildman–Crippen MR) is 94.3 cm³/mol. The fourth-order valence-electron chi connectivity index (χ4n) is 3.39. The lowest BCUT2D eigenvalue weighted by atomic mass is 9.96. The third-order valence-electron chi connectivity index (χ3n) is 4.88. The molecule has 2 amide bonds. The van der Waals surface area contributed by atoms with Crippen molar-refractivity contribution in [1.82, 2.24) is 10.1 Å². The van der Waals surface area contributed by atoms with E-state index in [1.165, 1.54) is 11.1 Å². The zero-order valence-electron chi connectivity index (χ0n) is 14.8. The lowest BCUT2D eigenvalue weighted by Gasteiger charge is -2.22. The number of hydrogen-bond donors (Lipinski definition) is 1. The minimum Gasteiger partial charge on any atom is -0.359 e. The topological polar surface area (TPSA) is 58.4 Å². The molecule has 1 N–H and O–H groups in total. The van der Waals surface area contributed by atoms with Crippen LogP contribution in [0.2, 0.25) is 0 Å². The molecule has 0 bridgehead atoms. The van der Waals surface area contributed by atoms with E-state index in [1.54, 1.807) is 0 Å². The number of anilines is 1. The Kier molecular flexibility index (Phi) is 4.60. The van der Waals surface area contributed by atoms with Crippen LogP contribution in [0.3, 0.4) is 0 Å². The Bertz CT molecular complexity index is 721. The summed E-state index contributed by atoms with van der Waals surface area (Å²) in [7, 11) is 0. The Morgan fingerprint density at radius 1 is 1.33 bits per heavy atom. The van der Waals surface area contributed by atoms with Crippen LogP contribution >= 0.6 is 0 Å². The van der Waals surface area contributed by atoms with Crippen molar-refractivity contribution in [2.24, 2.45) is 0 Å². The van der Waals surface area contributed by atoms with Gasteiger partial charge in [-0.25, -0.2) is 4.79 Å². The molecule has 5 nitrogen and oxygen atoms in total. The van der Waals surface area contributed by atoms with E-state index in [9.17, 15) is 4.79 Å². The predicted octanol–water partition coefficient (Wildman–Crippen LogP) is 4.26. The van der Waals surface area contributed by atoms with Crippen molar-refractivity contribution in [2.45, 2.75) is 52.5 Å². The lowest BCUT2D eigenvalue weighted by Crippen LogP contribution is -2.37. The van der Waals surface area contributed by atoms with Gasteiger partial charge in [-0.2, -0.15) is 0 Å². The quantitative estimate of drug-likeness (QED) is 0.916. The molecule has 0 aliphatic carbocycles. The maximum absolute atomic E-state index is 12.7. The van der Waals surface area contributed by atoms with Crippen LogP contribution < -0.4 is 5.32 Å². The minimum atomic E-state index is -0.0712. The van der Waals surface area contributed by atoms with Crippen molar-refractivity contribution in [1.29, 1.82) is 0 Å². The van der Waals surface area contributed by atoms with Crippen LogP contribution in [-0.4, -0.2) is 28.7 Å². The second-order valence-corrected chi connectivity index (χ2v) is 6.69. The molecule has 1 aliphatic rings. The van der Waals surface area contributed by atoms with Gasteiger partial charge in [-0.05, 0) is 39.2 Å². The molecule has 2 aromatic rings. The van der Waals surface area contributed by atoms with Gasteiger partial charge in [-0.3, -0.25) is 0 Å². The zero-order valence-corrected chi connectivity index (χ0v) is 14.8. The first kappa shape index (κ1) is 16.6. The summed E-state index contributed by atoms with van der Waals surface area (Å²) in [6, 6.07) is 8.76. The summed E-state index contributed by atoms with van der Waals surface area (Å²) in [4.78, 5) is 14.6. The Labute approximate surface area is 143 Å². The highest BCUT2D eigenvalue weighted by Crippen LogP contribution is 2.32. The fourth-order valence-corrected chi connectivity index (χ4v) is 3.39. The van der Waals surface area contributed by atoms with Gasteiger partial charge in [-0.1, -0.05) is 41.9 Å². The average Bonchev–Trinajstić information content (AvgIpc) is 3.12. The summed E-state index contributed by atoms with van der Waals surface area (Å²) in [6.07, 6.45) is 1.72. The maximum atomic E-state index is 12.7. The van der Waals surface area contributed by atoms with Gasteiger partial charge in [0, 0.05) is 18.5 Å². The minimum absolute atomic E-state index is 0.0712. The maximum Gasteiger partial charge on any atom is 0.322 e. The normalized spacial score (nSPS) is 20.4. The van der Waals surface area contributed by atoms with Crippen molar-refractivity contribution < 1.29 is 9.32 Å². The van der Waals surface area contributed by atoms with E-state index in [0.717, 1.165) is 25.1 Å². The summed E-state index contributed by atoms with van der Waals surface area (Å²) in [5.41, 5.74) is 4.07. The molecule has 2 atom stereocenters. The third kappa shape index (κ3) is 3.16. The fraction of sp³-hybridized carbons (Fsp3) is 0.474. The zero-order chi connectivity index (χ0) is 17.3. The highest BCUT2D eigenvalue weighted by atomic mass is 16.5. The number of benzene rings is 1. The second-order valence-electron chi connectivity index (χ2n) is 6.69. The van der Waals surface area contributed by atoms with Crippen molar-refractivity contribution in [3.63, 3.8) is 0 Å². The van der Waals surface area contributed by atoms with Crippen LogP contribution in [0.5, 0.6) is 0 Å². The van der Waals surface area contributed by atoms with Crippen LogP contribution in [0.15, 0.2) is 28.8 Å². The number of likely N-dealkylation sites (tertiary alicyclic amines) is 1. The molecule has 1 fully saturated rings. The second kappa shape index (κ2) is 6.67. The van der Waals surface area contributed by atoms with E-state index in [0.29, 0.717) is 17.4 Å². The molecule has 1 saturated heterocycles. The van der Waals surface area contributed by atoms with E-state index < -0.39 is 0 Å². The van der Waals surface area contributed by atoms with Gasteiger partial charge in [-0.15, -0.1) is 0 Å². The summed E-state index contributed by atoms with van der Waals surface area (Å²) in [5, 5.41) is 6.99. The van der Waals surface area contributed by atoms with E-state index in [2.05, 4.69) is 48.6 Å². The summed E-state index contributed by atoms with van der Waals surface area (Å²) in [6.45, 7) is 8.76. The van der Waals surface area contributed by atoms with E-state index in [1.807, 2.05) is 18.7 Å². The number of rotatable bonds is 3. The molecule has 5 heteroatoms. The number of carbonyl (C=O) groups is 1. The number of nitrogens with one attached hydrogen (secondary N) is 1. The lowest BCUT2D eigenvalue weighted by molar-refractivity contribution is 0.209. The number of urea groups is 1. The molecule has 24 heavy (non-hydrogen) atoms. The highest BCUT2D eigenvalue weighted by Gasteiger charge is 2.33. The number of hydrogen-bond acceptors (Lipinski definition) is 3. The molecular formula is C19H25N3O2. The van der Waals surface area contributed by atoms with E-state index >= 15 is 0 Å². The van der Waals surface area contributed by atoms with Crippen molar-refractivity contribution in [3.05, 3.63) is 46.8 Å².